The van der Waals surface area contributed by atoms with Crippen LogP contribution in [0.15, 0.2) is 0 Å². The van der Waals surface area contributed by atoms with E-state index in [4.69, 9.17) is 5.73 Å². The molecule has 0 atom stereocenters. The number of rotatable bonds is 4. The van der Waals surface area contributed by atoms with Gasteiger partial charge >= 0.3 is 6.03 Å². The summed E-state index contributed by atoms with van der Waals surface area (Å²) in [5, 5.41) is 0. The van der Waals surface area contributed by atoms with E-state index >= 15 is 0 Å². The van der Waals surface area contributed by atoms with Crippen LogP contribution in [0.4, 0.5) is 4.79 Å². The van der Waals surface area contributed by atoms with Gasteiger partial charge in [-0.1, -0.05) is 13.8 Å². The molecular weight excluding hydrogens is 214 g/mol. The highest BCUT2D eigenvalue weighted by atomic mass is 16.2. The predicted octanol–water partition coefficient (Wildman–Crippen LogP) is 2.04. The average molecular weight is 241 g/mol. The second-order valence-corrected chi connectivity index (χ2v) is 5.02. The molecule has 4 heteroatoms. The molecule has 0 aromatic heterocycles. The Morgan fingerprint density at radius 1 is 1.24 bits per heavy atom. The van der Waals surface area contributed by atoms with Crippen molar-refractivity contribution in [1.29, 1.82) is 0 Å². The summed E-state index contributed by atoms with van der Waals surface area (Å²) in [5.41, 5.74) is 5.71. The smallest absolute Gasteiger partial charge is 0.320 e. The fraction of sp³-hybridized carbons (Fsp3) is 0.923. The number of hydrogen-bond donors (Lipinski definition) is 1. The standard InChI is InChI=1S/C13H27N3O/c1-4-13(5-2,11-14)15(3)12(17)16-9-7-6-8-10-16/h4-11,14H2,1-3H3. The number of carbonyl (C=O) groups is 1. The number of hydrogen-bond acceptors (Lipinski definition) is 2. The SMILES string of the molecule is CCC(CC)(CN)N(C)C(=O)N1CCCCC1. The van der Waals surface area contributed by atoms with Crippen molar-refractivity contribution < 1.29 is 4.79 Å². The lowest BCUT2D eigenvalue weighted by molar-refractivity contribution is 0.0941. The molecule has 0 aromatic carbocycles. The quantitative estimate of drug-likeness (QED) is 0.819. The summed E-state index contributed by atoms with van der Waals surface area (Å²) in [6.07, 6.45) is 5.34. The lowest BCUT2D eigenvalue weighted by Crippen LogP contribution is -2.57. The van der Waals surface area contributed by atoms with E-state index in [2.05, 4.69) is 13.8 Å². The van der Waals surface area contributed by atoms with Crippen molar-refractivity contribution in [3.63, 3.8) is 0 Å². The van der Waals surface area contributed by atoms with E-state index < -0.39 is 0 Å². The first-order chi connectivity index (χ1) is 8.11. The van der Waals surface area contributed by atoms with Crippen LogP contribution in [-0.4, -0.2) is 48.1 Å². The van der Waals surface area contributed by atoms with E-state index in [-0.39, 0.29) is 11.6 Å². The first-order valence-electron chi connectivity index (χ1n) is 6.84. The minimum atomic E-state index is -0.172. The lowest BCUT2D eigenvalue weighted by Gasteiger charge is -2.43. The number of nitrogens with two attached hydrogens (primary N) is 1. The molecule has 4 nitrogen and oxygen atoms in total. The van der Waals surface area contributed by atoms with Crippen LogP contribution >= 0.6 is 0 Å². The van der Waals surface area contributed by atoms with Gasteiger partial charge in [0.25, 0.3) is 0 Å². The summed E-state index contributed by atoms with van der Waals surface area (Å²) < 4.78 is 0. The van der Waals surface area contributed by atoms with E-state index in [1.54, 1.807) is 0 Å². The van der Waals surface area contributed by atoms with Crippen molar-refractivity contribution >= 4 is 6.03 Å². The van der Waals surface area contributed by atoms with Crippen molar-refractivity contribution in [1.82, 2.24) is 9.80 Å². The Labute approximate surface area is 105 Å². The number of likely N-dealkylation sites (tertiary alicyclic amines) is 1. The van der Waals surface area contributed by atoms with Crippen molar-refractivity contribution in [2.24, 2.45) is 5.73 Å². The molecule has 0 saturated carbocycles. The monoisotopic (exact) mass is 241 g/mol. The van der Waals surface area contributed by atoms with Crippen molar-refractivity contribution in [3.05, 3.63) is 0 Å². The zero-order valence-corrected chi connectivity index (χ0v) is 11.5. The van der Waals surface area contributed by atoms with Gasteiger partial charge in [-0.25, -0.2) is 4.79 Å². The van der Waals surface area contributed by atoms with Gasteiger partial charge in [0.2, 0.25) is 0 Å². The number of carbonyl (C=O) groups excluding carboxylic acids is 1. The molecule has 0 aliphatic carbocycles. The third kappa shape index (κ3) is 2.92. The number of nitrogens with zero attached hydrogens (tertiary/aromatic N) is 2. The van der Waals surface area contributed by atoms with Crippen LogP contribution < -0.4 is 5.73 Å². The summed E-state index contributed by atoms with van der Waals surface area (Å²) in [6, 6.07) is 0.152. The van der Waals surface area contributed by atoms with Gasteiger partial charge < -0.3 is 15.5 Å². The molecule has 1 aliphatic heterocycles. The van der Waals surface area contributed by atoms with Crippen LogP contribution in [0.2, 0.25) is 0 Å². The molecule has 0 unspecified atom stereocenters. The first-order valence-corrected chi connectivity index (χ1v) is 6.84. The van der Waals surface area contributed by atoms with Crippen LogP contribution in [0.5, 0.6) is 0 Å². The van der Waals surface area contributed by atoms with Crippen molar-refractivity contribution in [3.8, 4) is 0 Å². The minimum Gasteiger partial charge on any atom is -0.328 e. The molecular formula is C13H27N3O. The molecule has 2 N–H and O–H groups in total. The van der Waals surface area contributed by atoms with E-state index in [9.17, 15) is 4.79 Å². The topological polar surface area (TPSA) is 49.6 Å². The summed E-state index contributed by atoms with van der Waals surface area (Å²) >= 11 is 0. The summed E-state index contributed by atoms with van der Waals surface area (Å²) in [6.45, 7) is 6.55. The van der Waals surface area contributed by atoms with Gasteiger partial charge in [-0.05, 0) is 32.1 Å². The van der Waals surface area contributed by atoms with Crippen LogP contribution in [-0.2, 0) is 0 Å². The normalized spacial score (nSPS) is 17.1. The first kappa shape index (κ1) is 14.3. The van der Waals surface area contributed by atoms with Gasteiger partial charge in [0.05, 0.1) is 5.54 Å². The van der Waals surface area contributed by atoms with Gasteiger partial charge in [-0.3, -0.25) is 0 Å². The Morgan fingerprint density at radius 2 is 1.76 bits per heavy atom. The number of likely N-dealkylation sites (N-methyl/N-ethyl adjacent to an activating group) is 1. The zero-order valence-electron chi connectivity index (χ0n) is 11.5. The van der Waals surface area contributed by atoms with Crippen LogP contribution in [0, 0.1) is 0 Å². The highest BCUT2D eigenvalue weighted by Gasteiger charge is 2.35. The molecule has 0 radical (unpaired) electrons. The maximum atomic E-state index is 12.4. The molecule has 1 saturated heterocycles. The molecule has 0 bridgehead atoms. The van der Waals surface area contributed by atoms with Crippen LogP contribution in [0.1, 0.15) is 46.0 Å². The number of amides is 2. The van der Waals surface area contributed by atoms with Crippen molar-refractivity contribution in [2.75, 3.05) is 26.7 Å². The molecule has 1 aliphatic rings. The van der Waals surface area contributed by atoms with Gasteiger partial charge in [0.15, 0.2) is 0 Å². The molecule has 0 spiro atoms. The minimum absolute atomic E-state index is 0.152. The maximum absolute atomic E-state index is 12.4. The Balaban J connectivity index is 2.72. The van der Waals surface area contributed by atoms with E-state index in [0.717, 1.165) is 38.8 Å². The molecule has 17 heavy (non-hydrogen) atoms. The molecule has 1 heterocycles. The van der Waals surface area contributed by atoms with Gasteiger partial charge in [0.1, 0.15) is 0 Å². The second kappa shape index (κ2) is 6.24. The Bertz CT molecular complexity index is 237. The number of piperidine rings is 1. The zero-order chi connectivity index (χ0) is 12.9. The third-order valence-corrected chi connectivity index (χ3v) is 4.32. The highest BCUT2D eigenvalue weighted by molar-refractivity contribution is 5.75. The Kier molecular flexibility index (Phi) is 5.25. The molecule has 1 rings (SSSR count). The predicted molar refractivity (Wildman–Crippen MR) is 71.0 cm³/mol. The Hall–Kier alpha value is -0.770. The maximum Gasteiger partial charge on any atom is 0.320 e. The second-order valence-electron chi connectivity index (χ2n) is 5.02. The Morgan fingerprint density at radius 3 is 2.18 bits per heavy atom. The van der Waals surface area contributed by atoms with E-state index in [1.807, 2.05) is 16.8 Å². The molecule has 100 valence electrons. The van der Waals surface area contributed by atoms with Crippen LogP contribution in [0.3, 0.4) is 0 Å². The number of urea groups is 1. The fourth-order valence-electron chi connectivity index (χ4n) is 2.65. The highest BCUT2D eigenvalue weighted by Crippen LogP contribution is 2.23. The van der Waals surface area contributed by atoms with Gasteiger partial charge in [-0.2, -0.15) is 0 Å². The van der Waals surface area contributed by atoms with Gasteiger partial charge in [-0.15, -0.1) is 0 Å². The third-order valence-electron chi connectivity index (χ3n) is 4.32. The van der Waals surface area contributed by atoms with Crippen LogP contribution in [0.25, 0.3) is 0 Å². The summed E-state index contributed by atoms with van der Waals surface area (Å²) in [5.74, 6) is 0. The molecule has 0 aromatic rings. The fourth-order valence-corrected chi connectivity index (χ4v) is 2.65. The lowest BCUT2D eigenvalue weighted by atomic mass is 9.91. The van der Waals surface area contributed by atoms with E-state index in [1.165, 1.54) is 6.42 Å². The van der Waals surface area contributed by atoms with Crippen molar-refractivity contribution in [2.45, 2.75) is 51.5 Å². The molecule has 2 amide bonds. The van der Waals surface area contributed by atoms with Gasteiger partial charge in [0, 0.05) is 26.7 Å². The molecule has 1 fully saturated rings. The average Bonchev–Trinajstić information content (AvgIpc) is 2.41. The van der Waals surface area contributed by atoms with E-state index in [0.29, 0.717) is 6.54 Å². The summed E-state index contributed by atoms with van der Waals surface area (Å²) in [7, 11) is 1.90. The largest absolute Gasteiger partial charge is 0.328 e. The summed E-state index contributed by atoms with van der Waals surface area (Å²) in [4.78, 5) is 16.3.